The topological polar surface area (TPSA) is 53.9 Å². The Kier molecular flexibility index (Phi) is 6.22. The molecular formula is C16H23N3O2. The Bertz CT molecular complexity index is 465. The van der Waals surface area contributed by atoms with Crippen LogP contribution in [0.4, 0.5) is 0 Å². The molecule has 21 heavy (non-hydrogen) atoms. The van der Waals surface area contributed by atoms with Crippen molar-refractivity contribution in [1.29, 1.82) is 0 Å². The predicted octanol–water partition coefficient (Wildman–Crippen LogP) is 2.02. The molecule has 0 bridgehead atoms. The molecule has 0 aliphatic carbocycles. The smallest absolute Gasteiger partial charge is 0.254 e. The molecule has 1 aromatic rings. The average Bonchev–Trinajstić information content (AvgIpc) is 2.50. The number of nitrogens with one attached hydrogen (secondary N) is 1. The summed E-state index contributed by atoms with van der Waals surface area (Å²) < 4.78 is 5.37. The maximum atomic E-state index is 11.8. The highest BCUT2D eigenvalue weighted by Gasteiger charge is 2.12. The van der Waals surface area contributed by atoms with Gasteiger partial charge in [-0.15, -0.1) is 0 Å². The van der Waals surface area contributed by atoms with Crippen LogP contribution in [0.2, 0.25) is 0 Å². The molecule has 0 radical (unpaired) electrons. The molecule has 2 rings (SSSR count). The van der Waals surface area contributed by atoms with Gasteiger partial charge in [0.2, 0.25) is 0 Å². The van der Waals surface area contributed by atoms with Gasteiger partial charge in [0.05, 0.1) is 19.4 Å². The van der Waals surface area contributed by atoms with E-state index < -0.39 is 0 Å². The summed E-state index contributed by atoms with van der Waals surface area (Å²) in [5.74, 6) is 0.780. The lowest BCUT2D eigenvalue weighted by Crippen LogP contribution is -2.38. The Hall–Kier alpha value is -1.88. The van der Waals surface area contributed by atoms with Gasteiger partial charge >= 0.3 is 0 Å². The van der Waals surface area contributed by atoms with Crippen molar-refractivity contribution in [2.45, 2.75) is 26.2 Å². The molecule has 1 heterocycles. The first kappa shape index (κ1) is 15.5. The first-order valence-corrected chi connectivity index (χ1v) is 7.55. The standard InChI is InChI=1S/C16H23N3O2/c1-2-21-15-8-6-14(7-9-15)12-17-18-16(20)13-19-10-4-3-5-11-19/h6-9,12H,2-5,10-11,13H2,1H3,(H,18,20). The summed E-state index contributed by atoms with van der Waals surface area (Å²) in [6, 6.07) is 7.59. The summed E-state index contributed by atoms with van der Waals surface area (Å²) >= 11 is 0. The molecule has 1 aliphatic rings. The minimum Gasteiger partial charge on any atom is -0.494 e. The van der Waals surface area contributed by atoms with Crippen molar-refractivity contribution in [3.05, 3.63) is 29.8 Å². The zero-order valence-corrected chi connectivity index (χ0v) is 12.5. The molecule has 0 spiro atoms. The van der Waals surface area contributed by atoms with Gasteiger partial charge in [-0.1, -0.05) is 6.42 Å². The van der Waals surface area contributed by atoms with Crippen molar-refractivity contribution in [1.82, 2.24) is 10.3 Å². The van der Waals surface area contributed by atoms with E-state index in [2.05, 4.69) is 15.4 Å². The Morgan fingerprint density at radius 2 is 2.00 bits per heavy atom. The molecule has 5 heteroatoms. The van der Waals surface area contributed by atoms with Gasteiger partial charge in [0.25, 0.3) is 5.91 Å². The van der Waals surface area contributed by atoms with Gasteiger partial charge in [-0.05, 0) is 62.7 Å². The zero-order chi connectivity index (χ0) is 14.9. The number of likely N-dealkylation sites (tertiary alicyclic amines) is 1. The maximum Gasteiger partial charge on any atom is 0.254 e. The molecule has 1 saturated heterocycles. The number of piperidine rings is 1. The number of nitrogens with zero attached hydrogens (tertiary/aromatic N) is 2. The third-order valence-corrected chi connectivity index (χ3v) is 3.41. The number of amides is 1. The monoisotopic (exact) mass is 289 g/mol. The van der Waals surface area contributed by atoms with Crippen LogP contribution in [-0.2, 0) is 4.79 Å². The van der Waals surface area contributed by atoms with Gasteiger partial charge < -0.3 is 4.74 Å². The third-order valence-electron chi connectivity index (χ3n) is 3.41. The Balaban J connectivity index is 1.74. The molecule has 1 aliphatic heterocycles. The van der Waals surface area contributed by atoms with E-state index in [0.29, 0.717) is 13.2 Å². The fraction of sp³-hybridized carbons (Fsp3) is 0.500. The van der Waals surface area contributed by atoms with Crippen LogP contribution in [0.25, 0.3) is 0 Å². The van der Waals surface area contributed by atoms with Crippen molar-refractivity contribution in [2.24, 2.45) is 5.10 Å². The highest BCUT2D eigenvalue weighted by Crippen LogP contribution is 2.10. The van der Waals surface area contributed by atoms with Crippen LogP contribution in [0.5, 0.6) is 5.75 Å². The third kappa shape index (κ3) is 5.55. The van der Waals surface area contributed by atoms with E-state index in [1.807, 2.05) is 31.2 Å². The molecular weight excluding hydrogens is 266 g/mol. The van der Waals surface area contributed by atoms with Crippen LogP contribution in [-0.4, -0.2) is 43.3 Å². The number of carbonyl (C=O) groups excluding carboxylic acids is 1. The Labute approximate surface area is 126 Å². The van der Waals surface area contributed by atoms with E-state index in [9.17, 15) is 4.79 Å². The number of hydrogen-bond donors (Lipinski definition) is 1. The maximum absolute atomic E-state index is 11.8. The molecule has 1 aromatic carbocycles. The largest absolute Gasteiger partial charge is 0.494 e. The number of hydrazone groups is 1. The molecule has 0 saturated carbocycles. The fourth-order valence-electron chi connectivity index (χ4n) is 2.35. The van der Waals surface area contributed by atoms with Gasteiger partial charge in [0.15, 0.2) is 0 Å². The zero-order valence-electron chi connectivity index (χ0n) is 12.5. The van der Waals surface area contributed by atoms with Gasteiger partial charge in [0, 0.05) is 0 Å². The fourth-order valence-corrected chi connectivity index (χ4v) is 2.35. The normalized spacial score (nSPS) is 16.0. The SMILES string of the molecule is CCOc1ccc(C=NNC(=O)CN2CCCCC2)cc1. The van der Waals surface area contributed by atoms with Gasteiger partial charge in [0.1, 0.15) is 5.75 Å². The van der Waals surface area contributed by atoms with Crippen LogP contribution in [0, 0.1) is 0 Å². The molecule has 0 aromatic heterocycles. The number of benzene rings is 1. The summed E-state index contributed by atoms with van der Waals surface area (Å²) in [7, 11) is 0. The van der Waals surface area contributed by atoms with Crippen molar-refractivity contribution in [3.8, 4) is 5.75 Å². The first-order valence-electron chi connectivity index (χ1n) is 7.55. The second-order valence-electron chi connectivity index (χ2n) is 5.13. The summed E-state index contributed by atoms with van der Waals surface area (Å²) in [6.07, 6.45) is 5.28. The molecule has 0 unspecified atom stereocenters. The summed E-state index contributed by atoms with van der Waals surface area (Å²) in [4.78, 5) is 13.9. The molecule has 114 valence electrons. The van der Waals surface area contributed by atoms with Crippen molar-refractivity contribution >= 4 is 12.1 Å². The Morgan fingerprint density at radius 3 is 2.67 bits per heavy atom. The average molecular weight is 289 g/mol. The van der Waals surface area contributed by atoms with E-state index in [4.69, 9.17) is 4.74 Å². The van der Waals surface area contributed by atoms with Gasteiger partial charge in [-0.2, -0.15) is 5.10 Å². The van der Waals surface area contributed by atoms with Crippen LogP contribution >= 0.6 is 0 Å². The highest BCUT2D eigenvalue weighted by atomic mass is 16.5. The van der Waals surface area contributed by atoms with Crippen molar-refractivity contribution in [2.75, 3.05) is 26.2 Å². The summed E-state index contributed by atoms with van der Waals surface area (Å²) in [5, 5.41) is 3.99. The van der Waals surface area contributed by atoms with E-state index in [0.717, 1.165) is 24.4 Å². The van der Waals surface area contributed by atoms with Crippen LogP contribution in [0.1, 0.15) is 31.7 Å². The number of ether oxygens (including phenoxy) is 1. The van der Waals surface area contributed by atoms with Gasteiger partial charge in [-0.25, -0.2) is 5.43 Å². The van der Waals surface area contributed by atoms with Crippen LogP contribution in [0.3, 0.4) is 0 Å². The van der Waals surface area contributed by atoms with E-state index in [-0.39, 0.29) is 5.91 Å². The number of carbonyl (C=O) groups is 1. The lowest BCUT2D eigenvalue weighted by Gasteiger charge is -2.25. The number of rotatable bonds is 6. The molecule has 1 fully saturated rings. The number of hydrogen-bond acceptors (Lipinski definition) is 4. The van der Waals surface area contributed by atoms with Crippen LogP contribution < -0.4 is 10.2 Å². The van der Waals surface area contributed by atoms with E-state index >= 15 is 0 Å². The molecule has 1 N–H and O–H groups in total. The Morgan fingerprint density at radius 1 is 1.29 bits per heavy atom. The van der Waals surface area contributed by atoms with E-state index in [1.54, 1.807) is 6.21 Å². The first-order chi connectivity index (χ1) is 10.3. The van der Waals surface area contributed by atoms with Crippen molar-refractivity contribution < 1.29 is 9.53 Å². The second kappa shape index (κ2) is 8.42. The lowest BCUT2D eigenvalue weighted by atomic mass is 10.1. The quantitative estimate of drug-likeness (QED) is 0.644. The molecule has 5 nitrogen and oxygen atoms in total. The highest BCUT2D eigenvalue weighted by molar-refractivity contribution is 5.83. The van der Waals surface area contributed by atoms with E-state index in [1.165, 1.54) is 19.3 Å². The van der Waals surface area contributed by atoms with Crippen molar-refractivity contribution in [3.63, 3.8) is 0 Å². The minimum atomic E-state index is -0.0564. The molecule has 0 atom stereocenters. The summed E-state index contributed by atoms with van der Waals surface area (Å²) in [5.41, 5.74) is 3.50. The molecule has 1 amide bonds. The van der Waals surface area contributed by atoms with Crippen LogP contribution in [0.15, 0.2) is 29.4 Å². The predicted molar refractivity (Wildman–Crippen MR) is 83.6 cm³/mol. The van der Waals surface area contributed by atoms with Gasteiger partial charge in [-0.3, -0.25) is 9.69 Å². The minimum absolute atomic E-state index is 0.0564. The lowest BCUT2D eigenvalue weighted by molar-refractivity contribution is -0.122. The second-order valence-corrected chi connectivity index (χ2v) is 5.13. The summed E-state index contributed by atoms with van der Waals surface area (Å²) in [6.45, 7) is 5.06.